The van der Waals surface area contributed by atoms with Gasteiger partial charge in [-0.15, -0.1) is 0 Å². The normalized spacial score (nSPS) is 20.9. The minimum absolute atomic E-state index is 0.0868. The summed E-state index contributed by atoms with van der Waals surface area (Å²) in [4.78, 5) is 13.7. The van der Waals surface area contributed by atoms with E-state index in [4.69, 9.17) is 4.74 Å². The maximum absolute atomic E-state index is 13.5. The summed E-state index contributed by atoms with van der Waals surface area (Å²) in [7, 11) is 1.43. The SMILES string of the molecule is COc1cc(C(=O)O)ccc1NCC#CC1=Cc2c(cccc2N[C@@H]2CCN(C(C)C)C[C@@H]2C)CC1CC(F)(F)F. The fourth-order valence-electron chi connectivity index (χ4n) is 5.65. The number of hydrogen-bond acceptors (Lipinski definition) is 5. The van der Waals surface area contributed by atoms with Gasteiger partial charge in [0, 0.05) is 47.9 Å². The zero-order chi connectivity index (χ0) is 29.7. The number of fused-ring (bicyclic) bond motifs is 1. The van der Waals surface area contributed by atoms with Gasteiger partial charge in [-0.05, 0) is 68.5 Å². The molecular formula is C32H38F3N3O3. The summed E-state index contributed by atoms with van der Waals surface area (Å²) in [5.74, 6) is 4.92. The Labute approximate surface area is 240 Å². The molecule has 0 amide bonds. The predicted octanol–water partition coefficient (Wildman–Crippen LogP) is 6.55. The first kappa shape index (κ1) is 30.3. The van der Waals surface area contributed by atoms with Crippen LogP contribution in [0.2, 0.25) is 0 Å². The van der Waals surface area contributed by atoms with E-state index >= 15 is 0 Å². The van der Waals surface area contributed by atoms with Crippen molar-refractivity contribution in [3.8, 4) is 17.6 Å². The molecular weight excluding hydrogens is 531 g/mol. The maximum Gasteiger partial charge on any atom is 0.389 e. The molecule has 1 aliphatic carbocycles. The van der Waals surface area contributed by atoms with E-state index in [-0.39, 0.29) is 24.6 Å². The summed E-state index contributed by atoms with van der Waals surface area (Å²) in [5, 5.41) is 16.0. The summed E-state index contributed by atoms with van der Waals surface area (Å²) in [5.41, 5.74) is 3.83. The van der Waals surface area contributed by atoms with Crippen molar-refractivity contribution in [1.82, 2.24) is 4.90 Å². The smallest absolute Gasteiger partial charge is 0.389 e. The van der Waals surface area contributed by atoms with Gasteiger partial charge in [0.15, 0.2) is 0 Å². The van der Waals surface area contributed by atoms with Gasteiger partial charge in [0.1, 0.15) is 5.75 Å². The highest BCUT2D eigenvalue weighted by Gasteiger charge is 2.35. The van der Waals surface area contributed by atoms with Gasteiger partial charge in [0.05, 0.1) is 31.3 Å². The fourth-order valence-corrected chi connectivity index (χ4v) is 5.65. The van der Waals surface area contributed by atoms with Crippen molar-refractivity contribution in [2.24, 2.45) is 11.8 Å². The molecule has 0 saturated carbocycles. The zero-order valence-electron chi connectivity index (χ0n) is 23.9. The van der Waals surface area contributed by atoms with Crippen molar-refractivity contribution in [2.45, 2.75) is 58.3 Å². The van der Waals surface area contributed by atoms with Crippen molar-refractivity contribution < 1.29 is 27.8 Å². The van der Waals surface area contributed by atoms with E-state index in [1.807, 2.05) is 24.3 Å². The van der Waals surface area contributed by atoms with E-state index in [0.29, 0.717) is 29.0 Å². The average Bonchev–Trinajstić information content (AvgIpc) is 2.91. The van der Waals surface area contributed by atoms with Gasteiger partial charge in [0.2, 0.25) is 0 Å². The second-order valence-corrected chi connectivity index (χ2v) is 11.2. The van der Waals surface area contributed by atoms with Crippen molar-refractivity contribution >= 4 is 23.4 Å². The second-order valence-electron chi connectivity index (χ2n) is 11.2. The molecule has 1 heterocycles. The third-order valence-corrected chi connectivity index (χ3v) is 7.94. The lowest BCUT2D eigenvalue weighted by atomic mass is 9.81. The third-order valence-electron chi connectivity index (χ3n) is 7.94. The number of rotatable bonds is 8. The van der Waals surface area contributed by atoms with E-state index in [0.717, 1.165) is 36.3 Å². The molecule has 0 spiro atoms. The number of methoxy groups -OCH3 is 1. The summed E-state index contributed by atoms with van der Waals surface area (Å²) in [6, 6.07) is 11.0. The van der Waals surface area contributed by atoms with E-state index in [1.54, 1.807) is 6.07 Å². The minimum atomic E-state index is -4.31. The number of nitrogens with zero attached hydrogens (tertiary/aromatic N) is 1. The third kappa shape index (κ3) is 7.76. The Morgan fingerprint density at radius 3 is 2.66 bits per heavy atom. The molecule has 6 nitrogen and oxygen atoms in total. The number of ether oxygens (including phenoxy) is 1. The summed E-state index contributed by atoms with van der Waals surface area (Å²) < 4.78 is 45.9. The van der Waals surface area contributed by atoms with Crippen molar-refractivity contribution in [2.75, 3.05) is 37.4 Å². The van der Waals surface area contributed by atoms with Crippen molar-refractivity contribution in [1.29, 1.82) is 0 Å². The highest BCUT2D eigenvalue weighted by Crippen LogP contribution is 2.39. The van der Waals surface area contributed by atoms with E-state index in [9.17, 15) is 23.1 Å². The molecule has 9 heteroatoms. The van der Waals surface area contributed by atoms with Crippen LogP contribution in [-0.4, -0.2) is 61.0 Å². The molecule has 1 saturated heterocycles. The molecule has 3 N–H and O–H groups in total. The van der Waals surface area contributed by atoms with Gasteiger partial charge in [-0.2, -0.15) is 13.2 Å². The summed E-state index contributed by atoms with van der Waals surface area (Å²) >= 11 is 0. The Balaban J connectivity index is 1.55. The number of halogens is 3. The first-order valence-corrected chi connectivity index (χ1v) is 14.0. The van der Waals surface area contributed by atoms with Gasteiger partial charge in [0.25, 0.3) is 0 Å². The van der Waals surface area contributed by atoms with Crippen LogP contribution in [0.25, 0.3) is 6.08 Å². The van der Waals surface area contributed by atoms with Gasteiger partial charge in [-0.1, -0.05) is 30.9 Å². The molecule has 41 heavy (non-hydrogen) atoms. The Kier molecular flexibility index (Phi) is 9.54. The van der Waals surface area contributed by atoms with Gasteiger partial charge >= 0.3 is 12.1 Å². The van der Waals surface area contributed by atoms with Gasteiger partial charge in [-0.25, -0.2) is 4.79 Å². The molecule has 1 fully saturated rings. The van der Waals surface area contributed by atoms with E-state index in [1.165, 1.54) is 19.2 Å². The Bertz CT molecular complexity index is 1340. The number of likely N-dealkylation sites (tertiary alicyclic amines) is 1. The quantitative estimate of drug-likeness (QED) is 0.313. The van der Waals surface area contributed by atoms with Gasteiger partial charge < -0.3 is 25.4 Å². The van der Waals surface area contributed by atoms with Crippen LogP contribution in [0.1, 0.15) is 55.1 Å². The molecule has 2 aromatic carbocycles. The number of carbonyl (C=O) groups is 1. The van der Waals surface area contributed by atoms with Crippen LogP contribution in [0.4, 0.5) is 24.5 Å². The number of aromatic carboxylic acids is 1. The predicted molar refractivity (Wildman–Crippen MR) is 156 cm³/mol. The van der Waals surface area contributed by atoms with Gasteiger partial charge in [-0.3, -0.25) is 0 Å². The lowest BCUT2D eigenvalue weighted by Gasteiger charge is -2.40. The summed E-state index contributed by atoms with van der Waals surface area (Å²) in [6.07, 6.45) is -2.16. The van der Waals surface area contributed by atoms with Crippen LogP contribution in [0, 0.1) is 23.7 Å². The number of hydrogen-bond donors (Lipinski definition) is 3. The number of alkyl halides is 3. The molecule has 0 aromatic heterocycles. The fraction of sp³-hybridized carbons (Fsp3) is 0.469. The van der Waals surface area contributed by atoms with Crippen molar-refractivity contribution in [3.63, 3.8) is 0 Å². The molecule has 0 radical (unpaired) electrons. The number of piperidine rings is 1. The number of benzene rings is 2. The Morgan fingerprint density at radius 2 is 2.00 bits per heavy atom. The Hall–Kier alpha value is -3.64. The van der Waals surface area contributed by atoms with Crippen LogP contribution in [-0.2, 0) is 6.42 Å². The highest BCUT2D eigenvalue weighted by molar-refractivity contribution is 5.89. The monoisotopic (exact) mass is 569 g/mol. The number of carboxylic acids is 1. The first-order chi connectivity index (χ1) is 19.4. The highest BCUT2D eigenvalue weighted by atomic mass is 19.4. The van der Waals surface area contributed by atoms with Crippen molar-refractivity contribution in [3.05, 3.63) is 58.7 Å². The number of carboxylic acid groups (broad SMARTS) is 1. The lowest BCUT2D eigenvalue weighted by Crippen LogP contribution is -2.47. The molecule has 2 aromatic rings. The van der Waals surface area contributed by atoms with Crippen LogP contribution in [0.5, 0.6) is 5.75 Å². The lowest BCUT2D eigenvalue weighted by molar-refractivity contribution is -0.141. The van der Waals surface area contributed by atoms with Crippen LogP contribution in [0.15, 0.2) is 42.0 Å². The maximum atomic E-state index is 13.5. The molecule has 2 aliphatic rings. The molecule has 3 atom stereocenters. The molecule has 220 valence electrons. The van der Waals surface area contributed by atoms with E-state index < -0.39 is 24.5 Å². The molecule has 1 aliphatic heterocycles. The standard InChI is InChI=1S/C32H38F3N3O3/c1-20(2)38-14-12-27(21(3)19-38)37-28-9-5-7-23-15-25(18-32(33,34)35)22(16-26(23)28)8-6-13-36-29-11-10-24(31(39)40)17-30(29)41-4/h5,7,9-11,16-17,20-21,25,27,36-37H,12-15,18-19H2,1-4H3,(H,39,40)/t21-,25?,27+/m0/s1. The molecule has 0 bridgehead atoms. The molecule has 1 unspecified atom stereocenters. The molecule has 4 rings (SSSR count). The topological polar surface area (TPSA) is 73.8 Å². The summed E-state index contributed by atoms with van der Waals surface area (Å²) in [6.45, 7) is 8.81. The largest absolute Gasteiger partial charge is 0.495 e. The number of allylic oxidation sites excluding steroid dienone is 1. The van der Waals surface area contributed by atoms with Crippen LogP contribution in [0.3, 0.4) is 0 Å². The van der Waals surface area contributed by atoms with E-state index in [2.05, 4.69) is 48.1 Å². The average molecular weight is 570 g/mol. The number of nitrogens with one attached hydrogen (secondary N) is 2. The number of anilines is 2. The Morgan fingerprint density at radius 1 is 1.22 bits per heavy atom. The zero-order valence-corrected chi connectivity index (χ0v) is 23.9. The van der Waals surface area contributed by atoms with Crippen LogP contribution < -0.4 is 15.4 Å². The first-order valence-electron chi connectivity index (χ1n) is 14.0. The minimum Gasteiger partial charge on any atom is -0.495 e. The second kappa shape index (κ2) is 12.9. The van der Waals surface area contributed by atoms with Crippen LogP contribution >= 0.6 is 0 Å².